The third-order valence-electron chi connectivity index (χ3n) is 1.82. The fourth-order valence-electron chi connectivity index (χ4n) is 1.09. The summed E-state index contributed by atoms with van der Waals surface area (Å²) in [5, 5.41) is 0. The van der Waals surface area contributed by atoms with Gasteiger partial charge in [-0.1, -0.05) is 0 Å². The first-order valence-electron chi connectivity index (χ1n) is 4.08. The Balaban J connectivity index is 3.10. The summed E-state index contributed by atoms with van der Waals surface area (Å²) in [4.78, 5) is 21.2. The molecule has 0 aliphatic rings. The molecule has 0 amide bonds. The predicted molar refractivity (Wildman–Crippen MR) is 47.5 cm³/mol. The van der Waals surface area contributed by atoms with Crippen molar-refractivity contribution in [3.63, 3.8) is 0 Å². The van der Waals surface area contributed by atoms with E-state index < -0.39 is 24.0 Å². The Hall–Kier alpha value is -1.78. The number of aldehydes is 1. The van der Waals surface area contributed by atoms with Crippen molar-refractivity contribution in [3.05, 3.63) is 34.9 Å². The quantitative estimate of drug-likeness (QED) is 0.565. The van der Waals surface area contributed by atoms with Gasteiger partial charge in [0.2, 0.25) is 0 Å². The minimum atomic E-state index is -1.15. The van der Waals surface area contributed by atoms with E-state index in [1.54, 1.807) is 0 Å². The Labute approximate surface area is 84.7 Å². The van der Waals surface area contributed by atoms with E-state index in [-0.39, 0.29) is 11.1 Å². The predicted octanol–water partition coefficient (Wildman–Crippen LogP) is 1.49. The highest BCUT2D eigenvalue weighted by molar-refractivity contribution is 5.77. The molecule has 0 atom stereocenters. The highest BCUT2D eigenvalue weighted by Gasteiger charge is 2.13. The standard InChI is InChI=1S/C10H8F2O3/c1-15-9(14)4-7-2-6(5-13)3-8(11)10(7)12/h2-3,5H,4H2,1H3. The van der Waals surface area contributed by atoms with E-state index in [0.29, 0.717) is 6.29 Å². The molecule has 1 aromatic rings. The summed E-state index contributed by atoms with van der Waals surface area (Å²) in [5.41, 5.74) is -0.211. The maximum atomic E-state index is 13.1. The molecule has 0 saturated carbocycles. The summed E-state index contributed by atoms with van der Waals surface area (Å²) in [6.07, 6.45) is -0.0236. The molecule has 0 bridgehead atoms. The molecule has 0 fully saturated rings. The zero-order valence-corrected chi connectivity index (χ0v) is 7.92. The normalized spacial score (nSPS) is 9.80. The zero-order chi connectivity index (χ0) is 11.4. The topological polar surface area (TPSA) is 43.4 Å². The van der Waals surface area contributed by atoms with Gasteiger partial charge >= 0.3 is 5.97 Å². The van der Waals surface area contributed by atoms with Gasteiger partial charge in [0.1, 0.15) is 6.29 Å². The van der Waals surface area contributed by atoms with Crippen molar-refractivity contribution in [3.8, 4) is 0 Å². The molecule has 1 aromatic carbocycles. The van der Waals surface area contributed by atoms with Crippen molar-refractivity contribution in [2.45, 2.75) is 6.42 Å². The van der Waals surface area contributed by atoms with Crippen molar-refractivity contribution in [2.24, 2.45) is 0 Å². The lowest BCUT2D eigenvalue weighted by Gasteiger charge is -2.03. The van der Waals surface area contributed by atoms with Crippen LogP contribution >= 0.6 is 0 Å². The molecule has 0 aliphatic heterocycles. The molecule has 0 saturated heterocycles. The number of ether oxygens (including phenoxy) is 1. The zero-order valence-electron chi connectivity index (χ0n) is 7.92. The molecule has 0 radical (unpaired) electrons. The van der Waals surface area contributed by atoms with E-state index in [9.17, 15) is 18.4 Å². The van der Waals surface area contributed by atoms with E-state index in [0.717, 1.165) is 19.2 Å². The second-order valence-corrected chi connectivity index (χ2v) is 2.85. The summed E-state index contributed by atoms with van der Waals surface area (Å²) in [6.45, 7) is 0. The third kappa shape index (κ3) is 2.59. The number of rotatable bonds is 3. The van der Waals surface area contributed by atoms with Crippen LogP contribution in [0.15, 0.2) is 12.1 Å². The summed E-state index contributed by atoms with van der Waals surface area (Å²) in [6, 6.07) is 1.88. The molecule has 0 unspecified atom stereocenters. The molecule has 0 heterocycles. The fraction of sp³-hybridized carbons (Fsp3) is 0.200. The van der Waals surface area contributed by atoms with E-state index in [1.165, 1.54) is 0 Å². The summed E-state index contributed by atoms with van der Waals surface area (Å²) >= 11 is 0. The van der Waals surface area contributed by atoms with Crippen LogP contribution in [0, 0.1) is 11.6 Å². The van der Waals surface area contributed by atoms with E-state index in [1.807, 2.05) is 0 Å². The summed E-state index contributed by atoms with van der Waals surface area (Å²) in [7, 11) is 1.14. The largest absolute Gasteiger partial charge is 0.469 e. The smallest absolute Gasteiger partial charge is 0.310 e. The Kier molecular flexibility index (Phi) is 3.49. The first kappa shape index (κ1) is 11.3. The van der Waals surface area contributed by atoms with Crippen LogP contribution in [0.1, 0.15) is 15.9 Å². The molecule has 3 nitrogen and oxygen atoms in total. The Morgan fingerprint density at radius 1 is 1.47 bits per heavy atom. The van der Waals surface area contributed by atoms with E-state index >= 15 is 0 Å². The second kappa shape index (κ2) is 4.63. The number of hydrogen-bond acceptors (Lipinski definition) is 3. The van der Waals surface area contributed by atoms with Gasteiger partial charge in [-0.15, -0.1) is 0 Å². The van der Waals surface area contributed by atoms with Gasteiger partial charge in [-0.05, 0) is 12.1 Å². The summed E-state index contributed by atoms with van der Waals surface area (Å²) in [5.74, 6) is -2.99. The molecule has 0 N–H and O–H groups in total. The Bertz CT molecular complexity index is 402. The number of esters is 1. The minimum absolute atomic E-state index is 0.0206. The monoisotopic (exact) mass is 214 g/mol. The van der Waals surface area contributed by atoms with Crippen LogP contribution in [0.3, 0.4) is 0 Å². The SMILES string of the molecule is COC(=O)Cc1cc(C=O)cc(F)c1F. The van der Waals surface area contributed by atoms with Crippen molar-refractivity contribution in [2.75, 3.05) is 7.11 Å². The van der Waals surface area contributed by atoms with Crippen molar-refractivity contribution in [1.29, 1.82) is 0 Å². The van der Waals surface area contributed by atoms with E-state index in [2.05, 4.69) is 4.74 Å². The van der Waals surface area contributed by atoms with Crippen molar-refractivity contribution >= 4 is 12.3 Å². The van der Waals surface area contributed by atoms with Crippen molar-refractivity contribution in [1.82, 2.24) is 0 Å². The third-order valence-corrected chi connectivity index (χ3v) is 1.82. The molecular formula is C10H8F2O3. The molecule has 0 spiro atoms. The summed E-state index contributed by atoms with van der Waals surface area (Å²) < 4.78 is 30.3. The van der Waals surface area contributed by atoms with Gasteiger partial charge in [0.15, 0.2) is 11.6 Å². The lowest BCUT2D eigenvalue weighted by Crippen LogP contribution is -2.08. The molecule has 5 heteroatoms. The highest BCUT2D eigenvalue weighted by atomic mass is 19.2. The van der Waals surface area contributed by atoms with Crippen LogP contribution in [-0.4, -0.2) is 19.4 Å². The first-order chi connectivity index (χ1) is 7.08. The number of carbonyl (C=O) groups is 2. The van der Waals surface area contributed by atoms with Gasteiger partial charge in [-0.2, -0.15) is 0 Å². The van der Waals surface area contributed by atoms with Crippen LogP contribution in [0.4, 0.5) is 8.78 Å². The van der Waals surface area contributed by atoms with Crippen LogP contribution in [0.2, 0.25) is 0 Å². The average Bonchev–Trinajstić information content (AvgIpc) is 2.24. The Morgan fingerprint density at radius 3 is 2.67 bits per heavy atom. The molecule has 15 heavy (non-hydrogen) atoms. The van der Waals surface area contributed by atoms with Gasteiger partial charge < -0.3 is 4.74 Å². The molecule has 0 aliphatic carbocycles. The van der Waals surface area contributed by atoms with Crippen LogP contribution in [-0.2, 0) is 16.0 Å². The Morgan fingerprint density at radius 2 is 2.13 bits per heavy atom. The maximum Gasteiger partial charge on any atom is 0.310 e. The molecule has 80 valence electrons. The molecule has 0 aromatic heterocycles. The number of halogens is 2. The number of carbonyl (C=O) groups excluding carboxylic acids is 2. The van der Waals surface area contributed by atoms with Crippen LogP contribution in [0.25, 0.3) is 0 Å². The fourth-order valence-corrected chi connectivity index (χ4v) is 1.09. The van der Waals surface area contributed by atoms with Crippen LogP contribution in [0.5, 0.6) is 0 Å². The lowest BCUT2D eigenvalue weighted by molar-refractivity contribution is -0.139. The lowest BCUT2D eigenvalue weighted by atomic mass is 10.1. The highest BCUT2D eigenvalue weighted by Crippen LogP contribution is 2.15. The van der Waals surface area contributed by atoms with E-state index in [4.69, 9.17) is 0 Å². The number of methoxy groups -OCH3 is 1. The minimum Gasteiger partial charge on any atom is -0.469 e. The second-order valence-electron chi connectivity index (χ2n) is 2.85. The van der Waals surface area contributed by atoms with Gasteiger partial charge in [0, 0.05) is 11.1 Å². The van der Waals surface area contributed by atoms with Gasteiger partial charge in [-0.25, -0.2) is 8.78 Å². The maximum absolute atomic E-state index is 13.1. The van der Waals surface area contributed by atoms with Crippen LogP contribution < -0.4 is 0 Å². The number of benzene rings is 1. The van der Waals surface area contributed by atoms with Gasteiger partial charge in [-0.3, -0.25) is 9.59 Å². The molecular weight excluding hydrogens is 206 g/mol. The van der Waals surface area contributed by atoms with Gasteiger partial charge in [0.05, 0.1) is 13.5 Å². The van der Waals surface area contributed by atoms with Gasteiger partial charge in [0.25, 0.3) is 0 Å². The number of hydrogen-bond donors (Lipinski definition) is 0. The first-order valence-corrected chi connectivity index (χ1v) is 4.08. The molecule has 1 rings (SSSR count). The average molecular weight is 214 g/mol. The van der Waals surface area contributed by atoms with Crippen molar-refractivity contribution < 1.29 is 23.1 Å².